The molecule has 1 N–H and O–H groups in total. The zero-order valence-electron chi connectivity index (χ0n) is 15.8. The molecule has 0 spiro atoms. The molecule has 0 aliphatic carbocycles. The molecule has 3 rings (SSSR count). The Morgan fingerprint density at radius 2 is 1.70 bits per heavy atom. The van der Waals surface area contributed by atoms with Crippen molar-refractivity contribution in [2.45, 2.75) is 18.0 Å². The van der Waals surface area contributed by atoms with Crippen molar-refractivity contribution in [1.82, 2.24) is 14.6 Å². The third-order valence-corrected chi connectivity index (χ3v) is 6.29. The summed E-state index contributed by atoms with van der Waals surface area (Å²) in [5.41, 5.74) is 1.38. The van der Waals surface area contributed by atoms with Gasteiger partial charge in [-0.25, -0.2) is 12.8 Å². The van der Waals surface area contributed by atoms with E-state index in [1.165, 1.54) is 36.7 Å². The summed E-state index contributed by atoms with van der Waals surface area (Å²) >= 11 is 5.90. The molecule has 0 atom stereocenters. The fraction of sp³-hybridized carbons (Fsp3) is 0.143. The maximum Gasteiger partial charge on any atom is 0.245 e. The Hall–Kier alpha value is -2.81. The summed E-state index contributed by atoms with van der Waals surface area (Å²) in [5, 5.41) is 3.19. The van der Waals surface area contributed by atoms with Gasteiger partial charge in [-0.1, -0.05) is 35.9 Å². The number of hydrogen-bond acceptors (Lipinski definition) is 4. The number of sulfonamides is 1. The second-order valence-electron chi connectivity index (χ2n) is 6.49. The van der Waals surface area contributed by atoms with Crippen molar-refractivity contribution < 1.29 is 17.6 Å². The molecule has 1 heterocycles. The highest BCUT2D eigenvalue weighted by atomic mass is 35.5. The second-order valence-corrected chi connectivity index (χ2v) is 8.87. The van der Waals surface area contributed by atoms with Crippen LogP contribution in [0.3, 0.4) is 0 Å². The van der Waals surface area contributed by atoms with E-state index >= 15 is 0 Å². The normalized spacial score (nSPS) is 11.4. The van der Waals surface area contributed by atoms with Gasteiger partial charge in [-0.3, -0.25) is 9.78 Å². The van der Waals surface area contributed by atoms with E-state index in [2.05, 4.69) is 10.3 Å². The zero-order valence-corrected chi connectivity index (χ0v) is 17.4. The van der Waals surface area contributed by atoms with Crippen LogP contribution in [0.4, 0.5) is 4.39 Å². The number of aromatic nitrogens is 1. The summed E-state index contributed by atoms with van der Waals surface area (Å²) in [6.07, 6.45) is 2.71. The monoisotopic (exact) mass is 447 g/mol. The van der Waals surface area contributed by atoms with Crippen molar-refractivity contribution >= 4 is 27.5 Å². The second kappa shape index (κ2) is 9.80. The van der Waals surface area contributed by atoms with E-state index < -0.39 is 15.9 Å². The first-order valence-corrected chi connectivity index (χ1v) is 10.8. The van der Waals surface area contributed by atoms with Gasteiger partial charge in [0.25, 0.3) is 0 Å². The van der Waals surface area contributed by atoms with Crippen LogP contribution >= 0.6 is 11.6 Å². The fourth-order valence-electron chi connectivity index (χ4n) is 2.69. The minimum absolute atomic E-state index is 0.00898. The summed E-state index contributed by atoms with van der Waals surface area (Å²) in [6, 6.07) is 15.3. The lowest BCUT2D eigenvalue weighted by molar-refractivity contribution is -0.121. The van der Waals surface area contributed by atoms with Crippen LogP contribution in [0.25, 0.3) is 0 Å². The van der Waals surface area contributed by atoms with Crippen molar-refractivity contribution in [2.24, 2.45) is 0 Å². The van der Waals surface area contributed by atoms with E-state index in [1.807, 2.05) is 0 Å². The number of carbonyl (C=O) groups is 1. The molecule has 6 nitrogen and oxygen atoms in total. The van der Waals surface area contributed by atoms with E-state index in [9.17, 15) is 17.6 Å². The lowest BCUT2D eigenvalue weighted by Gasteiger charge is -2.22. The van der Waals surface area contributed by atoms with Crippen molar-refractivity contribution in [3.8, 4) is 0 Å². The van der Waals surface area contributed by atoms with Crippen molar-refractivity contribution in [3.05, 3.63) is 95.0 Å². The number of hydrogen-bond donors (Lipinski definition) is 1. The first-order valence-electron chi connectivity index (χ1n) is 9.00. The Kier molecular flexibility index (Phi) is 7.15. The molecule has 3 aromatic rings. The SMILES string of the molecule is O=C(CN(Cc1ccc(Cl)cc1)S(=O)(=O)c1cccnc1)NCc1ccc(F)cc1. The lowest BCUT2D eigenvalue weighted by Crippen LogP contribution is -2.40. The molecule has 0 radical (unpaired) electrons. The Morgan fingerprint density at radius 1 is 1.03 bits per heavy atom. The molecular weight excluding hydrogens is 429 g/mol. The summed E-state index contributed by atoms with van der Waals surface area (Å²) in [6.45, 7) is -0.250. The molecule has 1 amide bonds. The number of amides is 1. The molecule has 0 aliphatic heterocycles. The Balaban J connectivity index is 1.77. The fourth-order valence-corrected chi connectivity index (χ4v) is 4.16. The summed E-state index contributed by atoms with van der Waals surface area (Å²) in [4.78, 5) is 16.3. The lowest BCUT2D eigenvalue weighted by atomic mass is 10.2. The molecule has 156 valence electrons. The largest absolute Gasteiger partial charge is 0.351 e. The van der Waals surface area contributed by atoms with E-state index in [1.54, 1.807) is 36.4 Å². The maximum absolute atomic E-state index is 13.1. The smallest absolute Gasteiger partial charge is 0.245 e. The molecule has 30 heavy (non-hydrogen) atoms. The molecule has 0 aliphatic rings. The van der Waals surface area contributed by atoms with Crippen LogP contribution in [0.2, 0.25) is 5.02 Å². The summed E-state index contributed by atoms with van der Waals surface area (Å²) in [7, 11) is -3.97. The quantitative estimate of drug-likeness (QED) is 0.574. The number of nitrogens with one attached hydrogen (secondary N) is 1. The molecule has 0 bridgehead atoms. The minimum Gasteiger partial charge on any atom is -0.351 e. The molecule has 1 aromatic heterocycles. The van der Waals surface area contributed by atoms with Crippen molar-refractivity contribution in [3.63, 3.8) is 0 Å². The number of halogens is 2. The van der Waals surface area contributed by atoms with Gasteiger partial charge in [-0.05, 0) is 47.5 Å². The first kappa shape index (κ1) is 21.9. The first-order chi connectivity index (χ1) is 14.3. The highest BCUT2D eigenvalue weighted by Gasteiger charge is 2.27. The van der Waals surface area contributed by atoms with E-state index in [0.717, 1.165) is 4.31 Å². The summed E-state index contributed by atoms with van der Waals surface area (Å²) in [5.74, 6) is -0.859. The predicted molar refractivity (Wildman–Crippen MR) is 112 cm³/mol. The topological polar surface area (TPSA) is 79.4 Å². The van der Waals surface area contributed by atoms with Gasteiger partial charge in [0.05, 0.1) is 6.54 Å². The van der Waals surface area contributed by atoms with Gasteiger partial charge in [-0.2, -0.15) is 4.31 Å². The van der Waals surface area contributed by atoms with Crippen LogP contribution in [-0.2, 0) is 27.9 Å². The van der Waals surface area contributed by atoms with Crippen LogP contribution in [0.15, 0.2) is 78.0 Å². The Bertz CT molecular complexity index is 1090. The van der Waals surface area contributed by atoms with Crippen LogP contribution in [0.5, 0.6) is 0 Å². The number of benzene rings is 2. The van der Waals surface area contributed by atoms with Gasteiger partial charge >= 0.3 is 0 Å². The van der Waals surface area contributed by atoms with Crippen LogP contribution in [-0.4, -0.2) is 30.2 Å². The summed E-state index contributed by atoms with van der Waals surface area (Å²) < 4.78 is 40.3. The third-order valence-electron chi connectivity index (χ3n) is 4.27. The van der Waals surface area contributed by atoms with Crippen molar-refractivity contribution in [2.75, 3.05) is 6.54 Å². The standard InChI is InChI=1S/C21H19ClFN3O3S/c22-18-7-3-17(4-8-18)14-26(30(28,29)20-2-1-11-24-13-20)15-21(27)25-12-16-5-9-19(23)10-6-16/h1-11,13H,12,14-15H2,(H,25,27). The highest BCUT2D eigenvalue weighted by molar-refractivity contribution is 7.89. The molecular formula is C21H19ClFN3O3S. The van der Waals surface area contributed by atoms with E-state index in [4.69, 9.17) is 11.6 Å². The van der Waals surface area contributed by atoms with Gasteiger partial charge in [0.1, 0.15) is 10.7 Å². The molecule has 0 unspecified atom stereocenters. The number of carbonyl (C=O) groups excluding carboxylic acids is 1. The Morgan fingerprint density at radius 3 is 2.33 bits per heavy atom. The van der Waals surface area contributed by atoms with Crippen LogP contribution in [0, 0.1) is 5.82 Å². The number of rotatable bonds is 8. The van der Waals surface area contributed by atoms with E-state index in [0.29, 0.717) is 16.1 Å². The van der Waals surface area contributed by atoms with Crippen LogP contribution in [0.1, 0.15) is 11.1 Å². The van der Waals surface area contributed by atoms with Gasteiger partial charge < -0.3 is 5.32 Å². The van der Waals surface area contributed by atoms with Gasteiger partial charge in [-0.15, -0.1) is 0 Å². The molecule has 9 heteroatoms. The number of nitrogens with zero attached hydrogens (tertiary/aromatic N) is 2. The molecule has 0 fully saturated rings. The third kappa shape index (κ3) is 5.85. The molecule has 0 saturated heterocycles. The van der Waals surface area contributed by atoms with Crippen LogP contribution < -0.4 is 5.32 Å². The zero-order chi connectivity index (χ0) is 21.6. The van der Waals surface area contributed by atoms with E-state index in [-0.39, 0.29) is 30.3 Å². The average molecular weight is 448 g/mol. The predicted octanol–water partition coefficient (Wildman–Crippen LogP) is 3.38. The molecule has 0 saturated carbocycles. The average Bonchev–Trinajstić information content (AvgIpc) is 2.75. The highest BCUT2D eigenvalue weighted by Crippen LogP contribution is 2.18. The maximum atomic E-state index is 13.1. The van der Waals surface area contributed by atoms with Crippen molar-refractivity contribution in [1.29, 1.82) is 0 Å². The van der Waals surface area contributed by atoms with Gasteiger partial charge in [0.2, 0.25) is 15.9 Å². The Labute approximate surface area is 179 Å². The minimum atomic E-state index is -3.97. The molecule has 2 aromatic carbocycles. The van der Waals surface area contributed by atoms with Gasteiger partial charge in [0.15, 0.2) is 0 Å². The van der Waals surface area contributed by atoms with Gasteiger partial charge in [0, 0.05) is 30.5 Å². The number of pyridine rings is 1.